The van der Waals surface area contributed by atoms with Gasteiger partial charge in [0.05, 0.1) is 17.2 Å². The van der Waals surface area contributed by atoms with E-state index in [1.165, 1.54) is 24.3 Å². The number of thiazole rings is 1. The first-order chi connectivity index (χ1) is 11.1. The lowest BCUT2D eigenvalue weighted by atomic mass is 10.3. The van der Waals surface area contributed by atoms with Crippen LogP contribution in [0.15, 0.2) is 4.99 Å². The van der Waals surface area contributed by atoms with Crippen LogP contribution in [0.5, 0.6) is 0 Å². The second-order valence-corrected chi connectivity index (χ2v) is 6.89. The van der Waals surface area contributed by atoms with E-state index < -0.39 is 0 Å². The molecule has 6 heteroatoms. The molecule has 0 aliphatic heterocycles. The normalized spacial score (nSPS) is 12.0. The largest absolute Gasteiger partial charge is 0.357 e. The smallest absolute Gasteiger partial charge is 0.191 e. The van der Waals surface area contributed by atoms with Crippen molar-refractivity contribution in [1.29, 1.82) is 0 Å². The van der Waals surface area contributed by atoms with E-state index >= 15 is 0 Å². The van der Waals surface area contributed by atoms with Crippen molar-refractivity contribution in [1.82, 2.24) is 20.5 Å². The summed E-state index contributed by atoms with van der Waals surface area (Å²) in [5.74, 6) is 0.904. The molecule has 1 aromatic rings. The zero-order valence-corrected chi connectivity index (χ0v) is 16.2. The fourth-order valence-corrected chi connectivity index (χ4v) is 3.28. The lowest BCUT2D eigenvalue weighted by Gasteiger charge is -2.18. The third kappa shape index (κ3) is 7.79. The Hall–Kier alpha value is -1.14. The summed E-state index contributed by atoms with van der Waals surface area (Å²) >= 11 is 1.74. The van der Waals surface area contributed by atoms with E-state index in [2.05, 4.69) is 53.2 Å². The maximum Gasteiger partial charge on any atom is 0.191 e. The number of nitrogens with zero attached hydrogens (tertiary/aromatic N) is 3. The van der Waals surface area contributed by atoms with Gasteiger partial charge in [0, 0.05) is 18.0 Å². The van der Waals surface area contributed by atoms with Crippen LogP contribution in [-0.2, 0) is 6.54 Å². The van der Waals surface area contributed by atoms with Crippen molar-refractivity contribution in [3.63, 3.8) is 0 Å². The molecular weight excluding hydrogens is 306 g/mol. The van der Waals surface area contributed by atoms with E-state index in [1.54, 1.807) is 11.3 Å². The molecule has 1 aromatic heterocycles. The molecule has 0 atom stereocenters. The zero-order valence-electron chi connectivity index (χ0n) is 15.4. The SMILES string of the molecule is CCNC(=NCc1sc(C)nc1C)NCCCCN(CC)CC. The van der Waals surface area contributed by atoms with Gasteiger partial charge in [0.1, 0.15) is 0 Å². The topological polar surface area (TPSA) is 52.6 Å². The molecule has 1 heterocycles. The molecule has 0 aliphatic rings. The molecule has 2 N–H and O–H groups in total. The molecule has 0 radical (unpaired) electrons. The van der Waals surface area contributed by atoms with Crippen molar-refractivity contribution >= 4 is 17.3 Å². The predicted molar refractivity (Wildman–Crippen MR) is 101 cm³/mol. The van der Waals surface area contributed by atoms with E-state index in [4.69, 9.17) is 0 Å². The van der Waals surface area contributed by atoms with Crippen LogP contribution in [0.3, 0.4) is 0 Å². The van der Waals surface area contributed by atoms with Crippen molar-refractivity contribution < 1.29 is 0 Å². The Balaban J connectivity index is 2.36. The van der Waals surface area contributed by atoms with Crippen molar-refractivity contribution in [3.05, 3.63) is 15.6 Å². The molecular formula is C17H33N5S. The number of hydrogen-bond donors (Lipinski definition) is 2. The lowest BCUT2D eigenvalue weighted by Crippen LogP contribution is -2.38. The quantitative estimate of drug-likeness (QED) is 0.391. The first kappa shape index (κ1) is 19.9. The van der Waals surface area contributed by atoms with Gasteiger partial charge in [0.2, 0.25) is 0 Å². The van der Waals surface area contributed by atoms with Crippen LogP contribution in [0.4, 0.5) is 0 Å². The molecule has 5 nitrogen and oxygen atoms in total. The highest BCUT2D eigenvalue weighted by atomic mass is 32.1. The van der Waals surface area contributed by atoms with Gasteiger partial charge in [-0.25, -0.2) is 9.98 Å². The van der Waals surface area contributed by atoms with Gasteiger partial charge in [-0.15, -0.1) is 11.3 Å². The molecule has 0 bridgehead atoms. The van der Waals surface area contributed by atoms with Gasteiger partial charge in [-0.2, -0.15) is 0 Å². The summed E-state index contributed by atoms with van der Waals surface area (Å²) in [5, 5.41) is 7.86. The van der Waals surface area contributed by atoms with Crippen molar-refractivity contribution in [2.24, 2.45) is 4.99 Å². The Bertz CT molecular complexity index is 466. The number of aromatic nitrogens is 1. The van der Waals surface area contributed by atoms with Crippen molar-refractivity contribution in [3.8, 4) is 0 Å². The fraction of sp³-hybridized carbons (Fsp3) is 0.765. The zero-order chi connectivity index (χ0) is 17.1. The van der Waals surface area contributed by atoms with Crippen LogP contribution in [0.25, 0.3) is 0 Å². The number of unbranched alkanes of at least 4 members (excludes halogenated alkanes) is 1. The molecule has 0 saturated carbocycles. The molecule has 0 spiro atoms. The maximum absolute atomic E-state index is 4.68. The Morgan fingerprint density at radius 1 is 1.13 bits per heavy atom. The van der Waals surface area contributed by atoms with Crippen molar-refractivity contribution in [2.45, 2.75) is 54.0 Å². The second kappa shape index (κ2) is 11.4. The van der Waals surface area contributed by atoms with Gasteiger partial charge in [0.15, 0.2) is 5.96 Å². The Labute approximate surface area is 145 Å². The summed E-state index contributed by atoms with van der Waals surface area (Å²) in [7, 11) is 0. The Morgan fingerprint density at radius 2 is 1.87 bits per heavy atom. The molecule has 0 fully saturated rings. The maximum atomic E-state index is 4.68. The van der Waals surface area contributed by atoms with Gasteiger partial charge >= 0.3 is 0 Å². The molecule has 0 aliphatic carbocycles. The number of aryl methyl sites for hydroxylation is 2. The highest BCUT2D eigenvalue weighted by Gasteiger charge is 2.05. The number of hydrogen-bond acceptors (Lipinski definition) is 4. The van der Waals surface area contributed by atoms with E-state index in [0.29, 0.717) is 6.54 Å². The van der Waals surface area contributed by atoms with E-state index in [-0.39, 0.29) is 0 Å². The minimum Gasteiger partial charge on any atom is -0.357 e. The monoisotopic (exact) mass is 339 g/mol. The summed E-state index contributed by atoms with van der Waals surface area (Å²) in [6.45, 7) is 16.7. The van der Waals surface area contributed by atoms with Crippen LogP contribution >= 0.6 is 11.3 Å². The van der Waals surface area contributed by atoms with Gasteiger partial charge in [0.25, 0.3) is 0 Å². The number of rotatable bonds is 10. The summed E-state index contributed by atoms with van der Waals surface area (Å²) in [5.41, 5.74) is 1.10. The van der Waals surface area contributed by atoms with E-state index in [1.807, 2.05) is 6.92 Å². The molecule has 0 aromatic carbocycles. The summed E-state index contributed by atoms with van der Waals surface area (Å²) < 4.78 is 0. The fourth-order valence-electron chi connectivity index (χ4n) is 2.42. The first-order valence-corrected chi connectivity index (χ1v) is 9.59. The van der Waals surface area contributed by atoms with Gasteiger partial charge in [-0.1, -0.05) is 13.8 Å². The number of nitrogens with one attached hydrogen (secondary N) is 2. The highest BCUT2D eigenvalue weighted by molar-refractivity contribution is 7.11. The minimum absolute atomic E-state index is 0.701. The van der Waals surface area contributed by atoms with E-state index in [0.717, 1.165) is 42.8 Å². The third-order valence-electron chi connectivity index (χ3n) is 3.81. The number of aliphatic imine (C=N–C) groups is 1. The highest BCUT2D eigenvalue weighted by Crippen LogP contribution is 2.17. The minimum atomic E-state index is 0.701. The molecule has 132 valence electrons. The molecule has 0 saturated heterocycles. The summed E-state index contributed by atoms with van der Waals surface area (Å²) in [6.07, 6.45) is 2.39. The first-order valence-electron chi connectivity index (χ1n) is 8.78. The lowest BCUT2D eigenvalue weighted by molar-refractivity contribution is 0.297. The van der Waals surface area contributed by atoms with Gasteiger partial charge in [-0.05, 0) is 53.2 Å². The standard InChI is InChI=1S/C17H33N5S/c1-6-18-17(19-11-9-10-12-22(7-2)8-3)20-13-16-14(4)21-15(5)23-16/h6-13H2,1-5H3,(H2,18,19,20). The predicted octanol–water partition coefficient (Wildman–Crippen LogP) is 2.94. The van der Waals surface area contributed by atoms with Crippen LogP contribution in [0, 0.1) is 13.8 Å². The van der Waals surface area contributed by atoms with Gasteiger partial charge < -0.3 is 15.5 Å². The number of guanidine groups is 1. The van der Waals surface area contributed by atoms with Crippen LogP contribution in [0.2, 0.25) is 0 Å². The molecule has 0 amide bonds. The van der Waals surface area contributed by atoms with E-state index in [9.17, 15) is 0 Å². The Morgan fingerprint density at radius 3 is 2.43 bits per heavy atom. The van der Waals surface area contributed by atoms with Crippen LogP contribution < -0.4 is 10.6 Å². The molecule has 23 heavy (non-hydrogen) atoms. The summed E-state index contributed by atoms with van der Waals surface area (Å²) in [6, 6.07) is 0. The summed E-state index contributed by atoms with van der Waals surface area (Å²) in [4.78, 5) is 12.9. The second-order valence-electron chi connectivity index (χ2n) is 5.60. The Kier molecular flexibility index (Phi) is 9.87. The van der Waals surface area contributed by atoms with Gasteiger partial charge in [-0.3, -0.25) is 0 Å². The molecule has 1 rings (SSSR count). The van der Waals surface area contributed by atoms with Crippen molar-refractivity contribution in [2.75, 3.05) is 32.7 Å². The van der Waals surface area contributed by atoms with Crippen LogP contribution in [0.1, 0.15) is 49.2 Å². The molecule has 0 unspecified atom stereocenters. The average Bonchev–Trinajstić information content (AvgIpc) is 2.86. The van der Waals surface area contributed by atoms with Crippen LogP contribution in [-0.4, -0.2) is 48.6 Å². The average molecular weight is 340 g/mol. The third-order valence-corrected chi connectivity index (χ3v) is 4.87.